The van der Waals surface area contributed by atoms with Gasteiger partial charge in [-0.15, -0.1) is 0 Å². The summed E-state index contributed by atoms with van der Waals surface area (Å²) >= 11 is 3.18. The number of hydrogen-bond donors (Lipinski definition) is 1. The fourth-order valence-corrected chi connectivity index (χ4v) is 1.65. The SMILES string of the molecule is Cc1cc(C#N)cc(C)c1OCC(O)CBr. The van der Waals surface area contributed by atoms with Gasteiger partial charge in [-0.1, -0.05) is 15.9 Å². The van der Waals surface area contributed by atoms with Crippen LogP contribution >= 0.6 is 15.9 Å². The van der Waals surface area contributed by atoms with Gasteiger partial charge in [0.2, 0.25) is 0 Å². The van der Waals surface area contributed by atoms with Gasteiger partial charge in [-0.2, -0.15) is 5.26 Å². The third-order valence-corrected chi connectivity index (χ3v) is 2.94. The number of benzene rings is 1. The Hall–Kier alpha value is -1.05. The molecule has 0 aliphatic carbocycles. The van der Waals surface area contributed by atoms with Gasteiger partial charge in [-0.05, 0) is 37.1 Å². The van der Waals surface area contributed by atoms with Crippen molar-refractivity contribution in [2.24, 2.45) is 0 Å². The second-order valence-corrected chi connectivity index (χ2v) is 4.32. The lowest BCUT2D eigenvalue weighted by Gasteiger charge is -2.14. The van der Waals surface area contributed by atoms with Crippen molar-refractivity contribution in [1.29, 1.82) is 5.26 Å². The first-order valence-corrected chi connectivity index (χ1v) is 6.08. The van der Waals surface area contributed by atoms with Crippen LogP contribution in [0.2, 0.25) is 0 Å². The maximum Gasteiger partial charge on any atom is 0.125 e. The summed E-state index contributed by atoms with van der Waals surface area (Å²) in [5.74, 6) is 0.749. The molecule has 0 heterocycles. The van der Waals surface area contributed by atoms with Crippen LogP contribution in [0.4, 0.5) is 0 Å². The summed E-state index contributed by atoms with van der Waals surface area (Å²) in [7, 11) is 0. The highest BCUT2D eigenvalue weighted by Crippen LogP contribution is 2.24. The Morgan fingerprint density at radius 1 is 1.44 bits per heavy atom. The molecule has 0 fully saturated rings. The summed E-state index contributed by atoms with van der Waals surface area (Å²) in [6.45, 7) is 4.03. The molecule has 1 aromatic rings. The van der Waals surface area contributed by atoms with E-state index < -0.39 is 6.10 Å². The van der Waals surface area contributed by atoms with Crippen molar-refractivity contribution in [2.75, 3.05) is 11.9 Å². The van der Waals surface area contributed by atoms with Gasteiger partial charge in [-0.3, -0.25) is 0 Å². The van der Waals surface area contributed by atoms with Crippen LogP contribution in [0, 0.1) is 25.2 Å². The highest BCUT2D eigenvalue weighted by Gasteiger charge is 2.09. The third kappa shape index (κ3) is 3.22. The van der Waals surface area contributed by atoms with Crippen molar-refractivity contribution in [2.45, 2.75) is 20.0 Å². The highest BCUT2D eigenvalue weighted by atomic mass is 79.9. The summed E-state index contributed by atoms with van der Waals surface area (Å²) in [5, 5.41) is 18.7. The quantitative estimate of drug-likeness (QED) is 0.863. The zero-order valence-electron chi connectivity index (χ0n) is 9.33. The number of rotatable bonds is 4. The van der Waals surface area contributed by atoms with E-state index in [9.17, 15) is 5.11 Å². The lowest BCUT2D eigenvalue weighted by atomic mass is 10.1. The van der Waals surface area contributed by atoms with E-state index >= 15 is 0 Å². The molecule has 0 amide bonds. The van der Waals surface area contributed by atoms with Crippen molar-refractivity contribution in [1.82, 2.24) is 0 Å². The topological polar surface area (TPSA) is 53.2 Å². The molecule has 0 radical (unpaired) electrons. The van der Waals surface area contributed by atoms with Crippen LogP contribution in [0.3, 0.4) is 0 Å². The van der Waals surface area contributed by atoms with Crippen molar-refractivity contribution < 1.29 is 9.84 Å². The minimum atomic E-state index is -0.519. The monoisotopic (exact) mass is 283 g/mol. The molecule has 1 unspecified atom stereocenters. The predicted octanol–water partition coefficient (Wildman–Crippen LogP) is 2.31. The first-order valence-electron chi connectivity index (χ1n) is 4.96. The number of halogens is 1. The van der Waals surface area contributed by atoms with E-state index in [2.05, 4.69) is 22.0 Å². The van der Waals surface area contributed by atoms with Crippen LogP contribution in [0.15, 0.2) is 12.1 Å². The maximum absolute atomic E-state index is 9.38. The van der Waals surface area contributed by atoms with Crippen molar-refractivity contribution in [3.05, 3.63) is 28.8 Å². The molecule has 1 N–H and O–H groups in total. The van der Waals surface area contributed by atoms with E-state index in [0.717, 1.165) is 16.9 Å². The van der Waals surface area contributed by atoms with Crippen LogP contribution in [0.1, 0.15) is 16.7 Å². The van der Waals surface area contributed by atoms with E-state index in [-0.39, 0.29) is 6.61 Å². The zero-order valence-corrected chi connectivity index (χ0v) is 10.9. The fourth-order valence-electron chi connectivity index (χ4n) is 1.47. The zero-order chi connectivity index (χ0) is 12.1. The van der Waals surface area contributed by atoms with Crippen LogP contribution in [-0.4, -0.2) is 23.1 Å². The number of aryl methyl sites for hydroxylation is 2. The average molecular weight is 284 g/mol. The van der Waals surface area contributed by atoms with Gasteiger partial charge in [0.25, 0.3) is 0 Å². The summed E-state index contributed by atoms with van der Waals surface area (Å²) < 4.78 is 5.53. The Balaban J connectivity index is 2.85. The third-order valence-electron chi connectivity index (χ3n) is 2.19. The lowest BCUT2D eigenvalue weighted by Crippen LogP contribution is -2.19. The molecule has 0 saturated carbocycles. The van der Waals surface area contributed by atoms with Crippen molar-refractivity contribution in [3.8, 4) is 11.8 Å². The van der Waals surface area contributed by atoms with Gasteiger partial charge >= 0.3 is 0 Å². The summed E-state index contributed by atoms with van der Waals surface area (Å²) in [5.41, 5.74) is 2.46. The molecule has 1 aromatic carbocycles. The van der Waals surface area contributed by atoms with Gasteiger partial charge in [0.15, 0.2) is 0 Å². The summed E-state index contributed by atoms with van der Waals surface area (Å²) in [4.78, 5) is 0. The minimum absolute atomic E-state index is 0.249. The Kier molecular flexibility index (Phi) is 4.78. The van der Waals surface area contributed by atoms with Crippen LogP contribution in [0.25, 0.3) is 0 Å². The molecule has 0 saturated heterocycles. The van der Waals surface area contributed by atoms with Gasteiger partial charge in [0, 0.05) is 5.33 Å². The van der Waals surface area contributed by atoms with E-state index in [1.54, 1.807) is 12.1 Å². The molecule has 0 aliphatic rings. The standard InChI is InChI=1S/C12H14BrNO2/c1-8-3-10(6-14)4-9(2)12(8)16-7-11(15)5-13/h3-4,11,15H,5,7H2,1-2H3. The van der Waals surface area contributed by atoms with Gasteiger partial charge in [-0.25, -0.2) is 0 Å². The number of nitriles is 1. The van der Waals surface area contributed by atoms with Crippen LogP contribution in [-0.2, 0) is 0 Å². The number of ether oxygens (including phenoxy) is 1. The number of aliphatic hydroxyl groups excluding tert-OH is 1. The van der Waals surface area contributed by atoms with Gasteiger partial charge < -0.3 is 9.84 Å². The smallest absolute Gasteiger partial charge is 0.125 e. The normalized spacial score (nSPS) is 11.9. The molecule has 0 bridgehead atoms. The van der Waals surface area contributed by atoms with E-state index in [0.29, 0.717) is 10.9 Å². The number of nitrogens with zero attached hydrogens (tertiary/aromatic N) is 1. The maximum atomic E-state index is 9.38. The molecule has 4 heteroatoms. The second-order valence-electron chi connectivity index (χ2n) is 3.67. The van der Waals surface area contributed by atoms with Crippen LogP contribution in [0.5, 0.6) is 5.75 Å². The predicted molar refractivity (Wildman–Crippen MR) is 65.9 cm³/mol. The fraction of sp³-hybridized carbons (Fsp3) is 0.417. The molecular weight excluding hydrogens is 270 g/mol. The van der Waals surface area contributed by atoms with E-state index in [1.807, 2.05) is 13.8 Å². The molecule has 0 aliphatic heterocycles. The second kappa shape index (κ2) is 5.88. The molecule has 86 valence electrons. The molecule has 0 spiro atoms. The Bertz CT molecular complexity index is 389. The van der Waals surface area contributed by atoms with Gasteiger partial charge in [0.05, 0.1) is 17.7 Å². The lowest BCUT2D eigenvalue weighted by molar-refractivity contribution is 0.126. The number of hydrogen-bond acceptors (Lipinski definition) is 3. The average Bonchev–Trinajstić information content (AvgIpc) is 2.27. The van der Waals surface area contributed by atoms with E-state index in [1.165, 1.54) is 0 Å². The Labute approximate surface area is 104 Å². The molecule has 1 rings (SSSR count). The van der Waals surface area contributed by atoms with Crippen LogP contribution < -0.4 is 4.74 Å². The summed E-state index contributed by atoms with van der Waals surface area (Å²) in [6.07, 6.45) is -0.519. The highest BCUT2D eigenvalue weighted by molar-refractivity contribution is 9.09. The minimum Gasteiger partial charge on any atom is -0.490 e. The summed E-state index contributed by atoms with van der Waals surface area (Å²) in [6, 6.07) is 5.66. The first-order chi connectivity index (χ1) is 7.58. The molecule has 16 heavy (non-hydrogen) atoms. The van der Waals surface area contributed by atoms with E-state index in [4.69, 9.17) is 10.00 Å². The first kappa shape index (κ1) is 13.0. The number of alkyl halides is 1. The largest absolute Gasteiger partial charge is 0.490 e. The molecule has 1 atom stereocenters. The Morgan fingerprint density at radius 3 is 2.44 bits per heavy atom. The number of aliphatic hydroxyl groups is 1. The van der Waals surface area contributed by atoms with Crippen molar-refractivity contribution in [3.63, 3.8) is 0 Å². The molecule has 0 aromatic heterocycles. The van der Waals surface area contributed by atoms with Gasteiger partial charge in [0.1, 0.15) is 12.4 Å². The molecular formula is C12H14BrNO2. The Morgan fingerprint density at radius 2 is 2.00 bits per heavy atom. The molecule has 3 nitrogen and oxygen atoms in total. The van der Waals surface area contributed by atoms with Crippen molar-refractivity contribution >= 4 is 15.9 Å².